The van der Waals surface area contributed by atoms with E-state index < -0.39 is 43.3 Å². The summed E-state index contributed by atoms with van der Waals surface area (Å²) in [5.41, 5.74) is 5.55. The maximum absolute atomic E-state index is 11.7. The van der Waals surface area contributed by atoms with E-state index in [9.17, 15) is 18.9 Å². The Bertz CT molecular complexity index is 455. The number of rotatable bonds is 8. The van der Waals surface area contributed by atoms with Crippen LogP contribution in [0.3, 0.4) is 0 Å². The minimum atomic E-state index is -3.25. The number of hydrogen-bond donors (Lipinski definition) is 5. The van der Waals surface area contributed by atoms with E-state index in [0.29, 0.717) is 0 Å². The summed E-state index contributed by atoms with van der Waals surface area (Å²) in [6.45, 7) is 3.84. The molecule has 0 aromatic rings. The van der Waals surface area contributed by atoms with Crippen LogP contribution < -0.4 is 16.4 Å². The van der Waals surface area contributed by atoms with Gasteiger partial charge in [0.2, 0.25) is 11.8 Å². The predicted molar refractivity (Wildman–Crippen MR) is 83.2 cm³/mol. The molecule has 0 aliphatic heterocycles. The first-order valence-corrected chi connectivity index (χ1v) is 8.61. The summed E-state index contributed by atoms with van der Waals surface area (Å²) in [6, 6.07) is -3.06. The van der Waals surface area contributed by atoms with Crippen molar-refractivity contribution in [2.24, 2.45) is 5.73 Å². The molecular weight excluding hydrogens is 324 g/mol. The number of hydrogen-bond acceptors (Lipinski definition) is 5. The van der Waals surface area contributed by atoms with Gasteiger partial charge < -0.3 is 26.4 Å². The van der Waals surface area contributed by atoms with E-state index in [1.807, 2.05) is 0 Å². The van der Waals surface area contributed by atoms with Crippen LogP contribution in [0.2, 0.25) is 0 Å². The summed E-state index contributed by atoms with van der Waals surface area (Å²) in [5.74, 6) is -2.50. The van der Waals surface area contributed by atoms with Gasteiger partial charge in [0.05, 0.1) is 6.04 Å². The van der Waals surface area contributed by atoms with Crippen molar-refractivity contribution in [3.63, 3.8) is 0 Å². The zero-order valence-electron chi connectivity index (χ0n) is 12.2. The van der Waals surface area contributed by atoms with E-state index in [2.05, 4.69) is 10.6 Å². The van der Waals surface area contributed by atoms with Gasteiger partial charge in [-0.25, -0.2) is 0 Å². The molecule has 2 unspecified atom stereocenters. The molecule has 22 heavy (non-hydrogen) atoms. The molecule has 0 saturated heterocycles. The molecular formula is C11H23N3NaO6P. The summed E-state index contributed by atoms with van der Waals surface area (Å²) >= 11 is 0. The minimum absolute atomic E-state index is 0. The van der Waals surface area contributed by atoms with Crippen LogP contribution in [0.15, 0.2) is 0 Å². The van der Waals surface area contributed by atoms with Gasteiger partial charge in [-0.1, -0.05) is 0 Å². The Morgan fingerprint density at radius 2 is 1.59 bits per heavy atom. The van der Waals surface area contributed by atoms with Crippen molar-refractivity contribution in [2.75, 3.05) is 12.8 Å². The Morgan fingerprint density at radius 1 is 1.14 bits per heavy atom. The Labute approximate surface area is 151 Å². The third-order valence-corrected chi connectivity index (χ3v) is 3.76. The molecule has 0 fully saturated rings. The van der Waals surface area contributed by atoms with Crippen LogP contribution in [0, 0.1) is 0 Å². The monoisotopic (exact) mass is 347 g/mol. The van der Waals surface area contributed by atoms with Gasteiger partial charge in [-0.2, -0.15) is 0 Å². The second-order valence-electron chi connectivity index (χ2n) is 4.97. The van der Waals surface area contributed by atoms with E-state index >= 15 is 0 Å². The van der Waals surface area contributed by atoms with Crippen molar-refractivity contribution in [3.05, 3.63) is 0 Å². The van der Waals surface area contributed by atoms with Crippen LogP contribution in [0.1, 0.15) is 20.3 Å². The molecule has 0 heterocycles. The Morgan fingerprint density at radius 3 is 2.00 bits per heavy atom. The van der Waals surface area contributed by atoms with Gasteiger partial charge in [-0.15, -0.1) is 0 Å². The first-order chi connectivity index (χ1) is 9.44. The molecule has 0 aliphatic rings. The van der Waals surface area contributed by atoms with E-state index in [1.54, 1.807) is 0 Å². The SMILES string of the molecule is C[C@H](NC(=O)[C@H](C)NC(=O)C(N)CCP(C)(=O)O)C(=O)O.[NaH]. The van der Waals surface area contributed by atoms with Gasteiger partial charge in [0.15, 0.2) is 7.37 Å². The number of carbonyl (C=O) groups excluding carboxylic acids is 2. The predicted octanol–water partition coefficient (Wildman–Crippen LogP) is -1.95. The van der Waals surface area contributed by atoms with Gasteiger partial charge in [0.1, 0.15) is 12.1 Å². The van der Waals surface area contributed by atoms with Crippen LogP contribution in [0.5, 0.6) is 0 Å². The molecule has 0 radical (unpaired) electrons. The normalized spacial score (nSPS) is 17.1. The number of carbonyl (C=O) groups is 3. The van der Waals surface area contributed by atoms with Crippen LogP contribution in [0.4, 0.5) is 0 Å². The summed E-state index contributed by atoms with van der Waals surface area (Å²) < 4.78 is 11.1. The first-order valence-electron chi connectivity index (χ1n) is 6.32. The maximum atomic E-state index is 11.7. The molecule has 0 aromatic heterocycles. The summed E-state index contributed by atoms with van der Waals surface area (Å²) in [4.78, 5) is 43.0. The zero-order chi connectivity index (χ0) is 16.8. The fraction of sp³-hybridized carbons (Fsp3) is 0.727. The third kappa shape index (κ3) is 10.3. The molecule has 4 atom stereocenters. The summed E-state index contributed by atoms with van der Waals surface area (Å²) in [5, 5.41) is 13.2. The number of carboxylic acid groups (broad SMARTS) is 1. The molecule has 9 nitrogen and oxygen atoms in total. The van der Waals surface area contributed by atoms with Gasteiger partial charge in [0.25, 0.3) is 0 Å². The molecule has 0 bridgehead atoms. The summed E-state index contributed by atoms with van der Waals surface area (Å²) in [6.07, 6.45) is -0.0891. The standard InChI is InChI=1S/C11H22N3O6P.Na.H/c1-6(9(15)14-7(2)11(17)18)13-10(16)8(12)4-5-21(3,19)20;;/h6-8H,4-5,12H2,1-3H3,(H,13,16)(H,14,15)(H,17,18)(H,19,20);;/t6-,7-,8?;;/m0../s1. The molecule has 0 spiro atoms. The van der Waals surface area contributed by atoms with Crippen LogP contribution in [-0.2, 0) is 18.9 Å². The number of amides is 2. The average Bonchev–Trinajstić information content (AvgIpc) is 2.34. The number of carboxylic acids is 1. The van der Waals surface area contributed by atoms with Gasteiger partial charge in [-0.3, -0.25) is 18.9 Å². The Kier molecular flexibility index (Phi) is 11.2. The zero-order valence-corrected chi connectivity index (χ0v) is 13.1. The fourth-order valence-corrected chi connectivity index (χ4v) is 2.05. The Hall–Kier alpha value is -0.440. The van der Waals surface area contributed by atoms with Crippen molar-refractivity contribution in [3.8, 4) is 0 Å². The van der Waals surface area contributed by atoms with Crippen molar-refractivity contribution in [2.45, 2.75) is 38.4 Å². The van der Waals surface area contributed by atoms with Crippen LogP contribution in [-0.4, -0.2) is 88.3 Å². The molecule has 2 amide bonds. The van der Waals surface area contributed by atoms with Gasteiger partial charge >= 0.3 is 35.5 Å². The van der Waals surface area contributed by atoms with E-state index in [1.165, 1.54) is 20.5 Å². The third-order valence-electron chi connectivity index (χ3n) is 2.67. The molecule has 0 aliphatic carbocycles. The van der Waals surface area contributed by atoms with Crippen molar-refractivity contribution in [1.29, 1.82) is 0 Å². The first kappa shape index (κ1) is 23.8. The molecule has 0 saturated carbocycles. The number of nitrogens with two attached hydrogens (primary N) is 1. The average molecular weight is 347 g/mol. The van der Waals surface area contributed by atoms with Crippen LogP contribution >= 0.6 is 7.37 Å². The molecule has 11 heteroatoms. The molecule has 0 rings (SSSR count). The molecule has 6 N–H and O–H groups in total. The van der Waals surface area contributed by atoms with E-state index in [-0.39, 0.29) is 42.1 Å². The van der Waals surface area contributed by atoms with Gasteiger partial charge in [-0.05, 0) is 20.3 Å². The van der Waals surface area contributed by atoms with Crippen molar-refractivity contribution in [1.82, 2.24) is 10.6 Å². The Balaban J connectivity index is 0. The van der Waals surface area contributed by atoms with Crippen molar-refractivity contribution < 1.29 is 28.9 Å². The topological polar surface area (TPSA) is 159 Å². The van der Waals surface area contributed by atoms with Gasteiger partial charge in [0, 0.05) is 12.8 Å². The molecule has 0 aromatic carbocycles. The van der Waals surface area contributed by atoms with E-state index in [4.69, 9.17) is 15.7 Å². The number of nitrogens with one attached hydrogen (secondary N) is 2. The summed E-state index contributed by atoms with van der Waals surface area (Å²) in [7, 11) is -3.25. The number of aliphatic carboxylic acids is 1. The molecule has 124 valence electrons. The van der Waals surface area contributed by atoms with Crippen molar-refractivity contribution >= 4 is 54.7 Å². The fourth-order valence-electron chi connectivity index (χ4n) is 1.30. The van der Waals surface area contributed by atoms with E-state index in [0.717, 1.165) is 0 Å². The quantitative estimate of drug-likeness (QED) is 0.252. The second kappa shape index (κ2) is 10.4. The van der Waals surface area contributed by atoms with Crippen LogP contribution in [0.25, 0.3) is 0 Å². The second-order valence-corrected chi connectivity index (χ2v) is 7.52.